The van der Waals surface area contributed by atoms with Crippen molar-refractivity contribution in [3.8, 4) is 0 Å². The highest BCUT2D eigenvalue weighted by Crippen LogP contribution is 2.21. The molecule has 5 heteroatoms. The molecular weight excluding hydrogens is 288 g/mol. The van der Waals surface area contributed by atoms with Crippen molar-refractivity contribution in [2.45, 2.75) is 32.4 Å². The van der Waals surface area contributed by atoms with Gasteiger partial charge in [-0.3, -0.25) is 9.69 Å². The summed E-state index contributed by atoms with van der Waals surface area (Å²) in [5.41, 5.74) is 0.232. The standard InChI is InChI=1S/C16H25ClN2O2/c1-12(13-6-8-14(17)9-7-13)19(5)15(20)10-18(4)11-16(2,3)21/h6-9,12,21H,10-11H2,1-5H3. The maximum atomic E-state index is 12.3. The lowest BCUT2D eigenvalue weighted by Crippen LogP contribution is -2.43. The number of carbonyl (C=O) groups is 1. The van der Waals surface area contributed by atoms with Gasteiger partial charge in [0, 0.05) is 18.6 Å². The quantitative estimate of drug-likeness (QED) is 0.878. The van der Waals surface area contributed by atoms with Crippen molar-refractivity contribution in [1.82, 2.24) is 9.80 Å². The van der Waals surface area contributed by atoms with Gasteiger partial charge in [-0.15, -0.1) is 0 Å². The zero-order chi connectivity index (χ0) is 16.2. The summed E-state index contributed by atoms with van der Waals surface area (Å²) in [6.07, 6.45) is 0. The van der Waals surface area contributed by atoms with Gasteiger partial charge in [0.05, 0.1) is 18.2 Å². The molecule has 1 rings (SSSR count). The molecule has 0 saturated carbocycles. The number of rotatable bonds is 6. The Morgan fingerprint density at radius 1 is 1.29 bits per heavy atom. The van der Waals surface area contributed by atoms with E-state index in [4.69, 9.17) is 11.6 Å². The van der Waals surface area contributed by atoms with Crippen molar-refractivity contribution in [2.75, 3.05) is 27.2 Å². The van der Waals surface area contributed by atoms with Gasteiger partial charge in [0.1, 0.15) is 0 Å². The van der Waals surface area contributed by atoms with Crippen molar-refractivity contribution >= 4 is 17.5 Å². The Hall–Kier alpha value is -1.10. The predicted molar refractivity (Wildman–Crippen MR) is 86.4 cm³/mol. The Morgan fingerprint density at radius 3 is 2.29 bits per heavy atom. The van der Waals surface area contributed by atoms with Crippen molar-refractivity contribution < 1.29 is 9.90 Å². The molecule has 0 aliphatic heterocycles. The second-order valence-corrected chi connectivity index (χ2v) is 6.65. The molecule has 0 aliphatic rings. The van der Waals surface area contributed by atoms with E-state index in [1.807, 2.05) is 43.1 Å². The van der Waals surface area contributed by atoms with Crippen LogP contribution in [0.5, 0.6) is 0 Å². The number of benzene rings is 1. The fourth-order valence-electron chi connectivity index (χ4n) is 2.24. The van der Waals surface area contributed by atoms with Crippen LogP contribution in [0.1, 0.15) is 32.4 Å². The van der Waals surface area contributed by atoms with Crippen LogP contribution in [0.3, 0.4) is 0 Å². The summed E-state index contributed by atoms with van der Waals surface area (Å²) in [5.74, 6) is 0.0178. The number of nitrogens with zero attached hydrogens (tertiary/aromatic N) is 2. The predicted octanol–water partition coefficient (Wildman–Crippen LogP) is 2.56. The minimum Gasteiger partial charge on any atom is -0.389 e. The first kappa shape index (κ1) is 18.0. The molecule has 0 aromatic heterocycles. The van der Waals surface area contributed by atoms with E-state index in [1.54, 1.807) is 25.8 Å². The molecular formula is C16H25ClN2O2. The molecule has 0 spiro atoms. The molecule has 0 radical (unpaired) electrons. The van der Waals surface area contributed by atoms with Gasteiger partial charge >= 0.3 is 0 Å². The van der Waals surface area contributed by atoms with E-state index in [2.05, 4.69) is 0 Å². The number of hydrogen-bond donors (Lipinski definition) is 1. The number of hydrogen-bond acceptors (Lipinski definition) is 3. The SMILES string of the molecule is CC(c1ccc(Cl)cc1)N(C)C(=O)CN(C)CC(C)(C)O. The van der Waals surface area contributed by atoms with Crippen LogP contribution in [0.25, 0.3) is 0 Å². The van der Waals surface area contributed by atoms with E-state index in [-0.39, 0.29) is 18.5 Å². The van der Waals surface area contributed by atoms with E-state index < -0.39 is 5.60 Å². The van der Waals surface area contributed by atoms with Crippen molar-refractivity contribution in [3.05, 3.63) is 34.9 Å². The highest BCUT2D eigenvalue weighted by atomic mass is 35.5. The molecule has 1 aromatic rings. The molecule has 1 amide bonds. The van der Waals surface area contributed by atoms with Gasteiger partial charge in [-0.05, 0) is 45.5 Å². The number of likely N-dealkylation sites (N-methyl/N-ethyl adjacent to an activating group) is 2. The van der Waals surface area contributed by atoms with Crippen LogP contribution < -0.4 is 0 Å². The smallest absolute Gasteiger partial charge is 0.236 e. The highest BCUT2D eigenvalue weighted by molar-refractivity contribution is 6.30. The summed E-state index contributed by atoms with van der Waals surface area (Å²) in [5, 5.41) is 10.5. The van der Waals surface area contributed by atoms with Crippen molar-refractivity contribution in [1.29, 1.82) is 0 Å². The molecule has 0 bridgehead atoms. The van der Waals surface area contributed by atoms with Crippen LogP contribution >= 0.6 is 11.6 Å². The summed E-state index contributed by atoms with van der Waals surface area (Å²) in [7, 11) is 3.62. The van der Waals surface area contributed by atoms with Gasteiger partial charge in [-0.2, -0.15) is 0 Å². The Bertz CT molecular complexity index is 468. The van der Waals surface area contributed by atoms with Crippen LogP contribution in [-0.2, 0) is 4.79 Å². The maximum absolute atomic E-state index is 12.3. The van der Waals surface area contributed by atoms with E-state index in [0.29, 0.717) is 11.6 Å². The Labute approximate surface area is 132 Å². The number of carbonyl (C=O) groups excluding carboxylic acids is 1. The van der Waals surface area contributed by atoms with Gasteiger partial charge < -0.3 is 10.0 Å². The molecule has 0 heterocycles. The lowest BCUT2D eigenvalue weighted by Gasteiger charge is -2.29. The third-order valence-corrected chi connectivity index (χ3v) is 3.64. The largest absolute Gasteiger partial charge is 0.389 e. The van der Waals surface area contributed by atoms with Crippen LogP contribution in [0.4, 0.5) is 0 Å². The molecule has 0 saturated heterocycles. The normalized spacial score (nSPS) is 13.3. The summed E-state index contributed by atoms with van der Waals surface area (Å²) in [6, 6.07) is 7.48. The van der Waals surface area contributed by atoms with Crippen molar-refractivity contribution in [2.24, 2.45) is 0 Å². The molecule has 0 aliphatic carbocycles. The fraction of sp³-hybridized carbons (Fsp3) is 0.562. The molecule has 118 valence electrons. The highest BCUT2D eigenvalue weighted by Gasteiger charge is 2.21. The minimum absolute atomic E-state index is 0.0178. The van der Waals surface area contributed by atoms with Crippen molar-refractivity contribution in [3.63, 3.8) is 0 Å². The molecule has 1 N–H and O–H groups in total. The van der Waals surface area contributed by atoms with Gasteiger partial charge in [-0.1, -0.05) is 23.7 Å². The van der Waals surface area contributed by atoms with Gasteiger partial charge in [0.15, 0.2) is 0 Å². The molecule has 0 fully saturated rings. The third-order valence-electron chi connectivity index (χ3n) is 3.39. The number of amides is 1. The molecule has 21 heavy (non-hydrogen) atoms. The summed E-state index contributed by atoms with van der Waals surface area (Å²) in [6.45, 7) is 6.17. The summed E-state index contributed by atoms with van der Waals surface area (Å²) >= 11 is 5.88. The maximum Gasteiger partial charge on any atom is 0.236 e. The lowest BCUT2D eigenvalue weighted by molar-refractivity contribution is -0.133. The number of halogens is 1. The second kappa shape index (κ2) is 7.25. The Kier molecular flexibility index (Phi) is 6.20. The average Bonchev–Trinajstić information content (AvgIpc) is 2.35. The first-order valence-electron chi connectivity index (χ1n) is 7.02. The van der Waals surface area contributed by atoms with Gasteiger partial charge in [-0.25, -0.2) is 0 Å². The van der Waals surface area contributed by atoms with E-state index >= 15 is 0 Å². The van der Waals surface area contributed by atoms with E-state index in [0.717, 1.165) is 5.56 Å². The topological polar surface area (TPSA) is 43.8 Å². The summed E-state index contributed by atoms with van der Waals surface area (Å²) in [4.78, 5) is 15.8. The zero-order valence-corrected chi connectivity index (χ0v) is 14.2. The van der Waals surface area contributed by atoms with Gasteiger partial charge in [0.2, 0.25) is 5.91 Å². The lowest BCUT2D eigenvalue weighted by atomic mass is 10.1. The third kappa shape index (κ3) is 6.04. The van der Waals surface area contributed by atoms with Crippen LogP contribution in [-0.4, -0.2) is 53.6 Å². The van der Waals surface area contributed by atoms with Crippen LogP contribution in [0.2, 0.25) is 5.02 Å². The number of aliphatic hydroxyl groups is 1. The van der Waals surface area contributed by atoms with E-state index in [9.17, 15) is 9.90 Å². The zero-order valence-electron chi connectivity index (χ0n) is 13.4. The Morgan fingerprint density at radius 2 is 1.81 bits per heavy atom. The first-order chi connectivity index (χ1) is 9.60. The molecule has 1 unspecified atom stereocenters. The average molecular weight is 313 g/mol. The minimum atomic E-state index is -0.810. The molecule has 4 nitrogen and oxygen atoms in total. The summed E-state index contributed by atoms with van der Waals surface area (Å²) < 4.78 is 0. The van der Waals surface area contributed by atoms with Crippen LogP contribution in [0, 0.1) is 0 Å². The molecule has 1 atom stereocenters. The monoisotopic (exact) mass is 312 g/mol. The first-order valence-corrected chi connectivity index (χ1v) is 7.40. The Balaban J connectivity index is 2.63. The second-order valence-electron chi connectivity index (χ2n) is 6.22. The van der Waals surface area contributed by atoms with Gasteiger partial charge in [0.25, 0.3) is 0 Å². The van der Waals surface area contributed by atoms with E-state index in [1.165, 1.54) is 0 Å². The fourth-order valence-corrected chi connectivity index (χ4v) is 2.37. The molecule has 1 aromatic carbocycles. The van der Waals surface area contributed by atoms with Crippen LogP contribution in [0.15, 0.2) is 24.3 Å².